The Morgan fingerprint density at radius 2 is 2.00 bits per heavy atom. The quantitative estimate of drug-likeness (QED) is 0.464. The van der Waals surface area contributed by atoms with E-state index in [0.29, 0.717) is 5.41 Å². The third-order valence-corrected chi connectivity index (χ3v) is 3.33. The van der Waals surface area contributed by atoms with Gasteiger partial charge in [-0.2, -0.15) is 0 Å². The Hall–Kier alpha value is 0. The van der Waals surface area contributed by atoms with E-state index in [1.54, 1.807) is 0 Å². The molecule has 0 aromatic rings. The van der Waals surface area contributed by atoms with Gasteiger partial charge in [0.1, 0.15) is 0 Å². The van der Waals surface area contributed by atoms with Gasteiger partial charge in [-0.05, 0) is 43.9 Å². The van der Waals surface area contributed by atoms with Gasteiger partial charge in [0.25, 0.3) is 0 Å². The highest BCUT2D eigenvalue weighted by Gasteiger charge is 2.43. The maximum absolute atomic E-state index is 4.30. The summed E-state index contributed by atoms with van der Waals surface area (Å²) in [5.74, 6) is 1.02. The summed E-state index contributed by atoms with van der Waals surface area (Å²) >= 11 is 0. The van der Waals surface area contributed by atoms with E-state index in [1.165, 1.54) is 38.5 Å². The van der Waals surface area contributed by atoms with Gasteiger partial charge in [-0.15, -0.1) is 0 Å². The highest BCUT2D eigenvalue weighted by Crippen LogP contribution is 2.54. The Morgan fingerprint density at radius 3 is 2.33 bits per heavy atom. The van der Waals surface area contributed by atoms with Crippen molar-refractivity contribution in [3.8, 4) is 0 Å². The number of fused-ring (bicyclic) bond motifs is 1. The lowest BCUT2D eigenvalue weighted by atomic mass is 9.55. The van der Waals surface area contributed by atoms with Crippen molar-refractivity contribution in [3.63, 3.8) is 0 Å². The summed E-state index contributed by atoms with van der Waals surface area (Å²) in [6.45, 7) is 4.30. The molecule has 0 heteroatoms. The van der Waals surface area contributed by atoms with Crippen molar-refractivity contribution in [2.75, 3.05) is 0 Å². The van der Waals surface area contributed by atoms with Gasteiger partial charge in [-0.25, -0.2) is 0 Å². The normalized spacial score (nSPS) is 49.7. The fraction of sp³-hybridized carbons (Fsp3) is 0.889. The van der Waals surface area contributed by atoms with Crippen LogP contribution in [-0.2, 0) is 0 Å². The Bertz CT molecular complexity index is 117. The van der Waals surface area contributed by atoms with E-state index in [4.69, 9.17) is 0 Å². The zero-order valence-corrected chi connectivity index (χ0v) is 6.03. The fourth-order valence-electron chi connectivity index (χ4n) is 2.40. The Balaban J connectivity index is 2.05. The van der Waals surface area contributed by atoms with Crippen LogP contribution >= 0.6 is 0 Å². The summed E-state index contributed by atoms with van der Waals surface area (Å²) < 4.78 is 0. The van der Waals surface area contributed by atoms with E-state index in [2.05, 4.69) is 6.92 Å². The zero-order chi connectivity index (χ0) is 6.32. The first-order valence-electron chi connectivity index (χ1n) is 4.17. The minimum absolute atomic E-state index is 0.568. The van der Waals surface area contributed by atoms with Crippen LogP contribution in [0.25, 0.3) is 0 Å². The predicted octanol–water partition coefficient (Wildman–Crippen LogP) is 2.79. The fourth-order valence-corrected chi connectivity index (χ4v) is 2.40. The van der Waals surface area contributed by atoms with Crippen molar-refractivity contribution in [2.24, 2.45) is 11.3 Å². The van der Waals surface area contributed by atoms with E-state index < -0.39 is 0 Å². The first kappa shape index (κ1) is 5.76. The van der Waals surface area contributed by atoms with Crippen molar-refractivity contribution in [1.29, 1.82) is 0 Å². The molecular formula is C9H15. The molecular weight excluding hydrogens is 108 g/mol. The van der Waals surface area contributed by atoms with Crippen molar-refractivity contribution < 1.29 is 0 Å². The summed E-state index contributed by atoms with van der Waals surface area (Å²) in [6, 6.07) is 0. The van der Waals surface area contributed by atoms with Crippen LogP contribution in [0.15, 0.2) is 0 Å². The van der Waals surface area contributed by atoms with E-state index in [0.717, 1.165) is 5.92 Å². The molecule has 1 radical (unpaired) electrons. The maximum atomic E-state index is 4.30. The summed E-state index contributed by atoms with van der Waals surface area (Å²) in [5.41, 5.74) is 0.568. The van der Waals surface area contributed by atoms with Crippen LogP contribution in [0.2, 0.25) is 0 Å². The Labute approximate surface area is 57.6 Å². The topological polar surface area (TPSA) is 0 Å². The molecule has 0 aliphatic heterocycles. The second-order valence-electron chi connectivity index (χ2n) is 3.84. The van der Waals surface area contributed by atoms with Crippen LogP contribution in [0.1, 0.15) is 38.5 Å². The number of rotatable bonds is 0. The lowest BCUT2D eigenvalue weighted by Gasteiger charge is -2.50. The molecule has 0 nitrogen and oxygen atoms in total. The molecule has 0 spiro atoms. The molecule has 2 atom stereocenters. The summed E-state index contributed by atoms with van der Waals surface area (Å²) in [6.07, 6.45) is 8.70. The average molecular weight is 123 g/mol. The van der Waals surface area contributed by atoms with Gasteiger partial charge in [0.2, 0.25) is 0 Å². The highest BCUT2D eigenvalue weighted by molar-refractivity contribution is 4.99. The molecule has 9 heavy (non-hydrogen) atoms. The van der Waals surface area contributed by atoms with Crippen LogP contribution in [0.5, 0.6) is 0 Å². The molecule has 2 aliphatic carbocycles. The summed E-state index contributed by atoms with van der Waals surface area (Å²) in [7, 11) is 0. The maximum Gasteiger partial charge on any atom is -0.0269 e. The summed E-state index contributed by atoms with van der Waals surface area (Å²) in [4.78, 5) is 0. The van der Waals surface area contributed by atoms with E-state index in [9.17, 15) is 0 Å². The minimum Gasteiger partial charge on any atom is -0.0530 e. The van der Waals surface area contributed by atoms with Gasteiger partial charge in [-0.3, -0.25) is 0 Å². The third-order valence-electron chi connectivity index (χ3n) is 3.33. The molecule has 2 unspecified atom stereocenters. The van der Waals surface area contributed by atoms with Gasteiger partial charge in [0.05, 0.1) is 0 Å². The monoisotopic (exact) mass is 123 g/mol. The minimum atomic E-state index is 0.568. The van der Waals surface area contributed by atoms with Crippen LogP contribution in [0, 0.1) is 18.3 Å². The molecule has 0 aromatic carbocycles. The average Bonchev–Trinajstić information content (AvgIpc) is 1.82. The van der Waals surface area contributed by atoms with Gasteiger partial charge in [0.15, 0.2) is 0 Å². The van der Waals surface area contributed by atoms with Gasteiger partial charge in [-0.1, -0.05) is 12.8 Å². The molecule has 0 N–H and O–H groups in total. The Kier molecular flexibility index (Phi) is 1.12. The van der Waals surface area contributed by atoms with Crippen LogP contribution < -0.4 is 0 Å². The van der Waals surface area contributed by atoms with E-state index in [1.807, 2.05) is 0 Å². The standard InChI is InChI=1S/C9H15/c1-9-6-3-2-4-8(9)5-7-9/h8H,1-7H2. The molecule has 0 amide bonds. The van der Waals surface area contributed by atoms with Crippen LogP contribution in [0.4, 0.5) is 0 Å². The molecule has 0 saturated heterocycles. The van der Waals surface area contributed by atoms with Crippen LogP contribution in [0.3, 0.4) is 0 Å². The van der Waals surface area contributed by atoms with Crippen LogP contribution in [-0.4, -0.2) is 0 Å². The van der Waals surface area contributed by atoms with Crippen molar-refractivity contribution in [2.45, 2.75) is 38.5 Å². The van der Waals surface area contributed by atoms with Crippen molar-refractivity contribution in [1.82, 2.24) is 0 Å². The first-order chi connectivity index (χ1) is 4.31. The summed E-state index contributed by atoms with van der Waals surface area (Å²) in [5, 5.41) is 0. The largest absolute Gasteiger partial charge is 0.0530 e. The lowest BCUT2D eigenvalue weighted by molar-refractivity contribution is 0.0322. The molecule has 2 aliphatic rings. The second kappa shape index (κ2) is 1.74. The Morgan fingerprint density at radius 1 is 1.11 bits per heavy atom. The molecule has 2 saturated carbocycles. The number of hydrogen-bond donors (Lipinski definition) is 0. The molecule has 0 bridgehead atoms. The van der Waals surface area contributed by atoms with Crippen molar-refractivity contribution in [3.05, 3.63) is 6.92 Å². The predicted molar refractivity (Wildman–Crippen MR) is 39.0 cm³/mol. The molecule has 0 aromatic heterocycles. The lowest BCUT2D eigenvalue weighted by Crippen LogP contribution is -2.39. The second-order valence-corrected chi connectivity index (χ2v) is 3.84. The molecule has 0 heterocycles. The molecule has 2 fully saturated rings. The van der Waals surface area contributed by atoms with Gasteiger partial charge >= 0.3 is 0 Å². The highest BCUT2D eigenvalue weighted by atomic mass is 14.5. The number of hydrogen-bond acceptors (Lipinski definition) is 0. The first-order valence-corrected chi connectivity index (χ1v) is 4.17. The molecule has 51 valence electrons. The molecule has 2 rings (SSSR count). The third kappa shape index (κ3) is 0.720. The van der Waals surface area contributed by atoms with Gasteiger partial charge in [0, 0.05) is 0 Å². The smallest absolute Gasteiger partial charge is 0.0269 e. The van der Waals surface area contributed by atoms with E-state index in [-0.39, 0.29) is 0 Å². The van der Waals surface area contributed by atoms with E-state index >= 15 is 0 Å². The van der Waals surface area contributed by atoms with Crippen molar-refractivity contribution >= 4 is 0 Å². The SMILES string of the molecule is [CH2]C12CCCCC1CC2. The van der Waals surface area contributed by atoms with Gasteiger partial charge < -0.3 is 0 Å². The zero-order valence-electron chi connectivity index (χ0n) is 6.03.